The third kappa shape index (κ3) is 3.95. The van der Waals surface area contributed by atoms with Crippen molar-refractivity contribution < 1.29 is 14.7 Å². The van der Waals surface area contributed by atoms with Crippen LogP contribution in [0.1, 0.15) is 31.8 Å². The fourth-order valence-corrected chi connectivity index (χ4v) is 2.29. The number of benzene rings is 2. The lowest BCUT2D eigenvalue weighted by atomic mass is 10.1. The number of carboxylic acids is 1. The lowest BCUT2D eigenvalue weighted by Crippen LogP contribution is -2.29. The number of aromatic carboxylic acids is 1. The smallest absolute Gasteiger partial charge is 0.335 e. The lowest BCUT2D eigenvalue weighted by Gasteiger charge is -2.18. The number of likely N-dealkylation sites (N-methyl/N-ethyl adjacent to an activating group) is 1. The summed E-state index contributed by atoms with van der Waals surface area (Å²) >= 11 is 0. The first-order valence-corrected chi connectivity index (χ1v) is 7.12. The van der Waals surface area contributed by atoms with Gasteiger partial charge in [-0.15, -0.1) is 0 Å². The summed E-state index contributed by atoms with van der Waals surface area (Å²) in [6, 6.07) is 14.6. The summed E-state index contributed by atoms with van der Waals surface area (Å²) in [5.74, 6) is -1.19. The van der Waals surface area contributed by atoms with Crippen LogP contribution in [0, 0.1) is 6.92 Å². The van der Waals surface area contributed by atoms with Gasteiger partial charge in [-0.2, -0.15) is 0 Å². The monoisotopic (exact) mass is 297 g/mol. The number of hydrogen-bond donors (Lipinski definition) is 1. The molecule has 0 radical (unpaired) electrons. The van der Waals surface area contributed by atoms with Gasteiger partial charge in [-0.1, -0.05) is 30.3 Å². The molecule has 1 amide bonds. The van der Waals surface area contributed by atoms with Crippen LogP contribution in [0.4, 0.5) is 0 Å². The average Bonchev–Trinajstić information content (AvgIpc) is 2.52. The van der Waals surface area contributed by atoms with Crippen LogP contribution in [0.25, 0.3) is 0 Å². The Morgan fingerprint density at radius 2 is 1.68 bits per heavy atom. The highest BCUT2D eigenvalue weighted by atomic mass is 16.4. The number of hydrogen-bond acceptors (Lipinski definition) is 2. The number of carbonyl (C=O) groups is 2. The van der Waals surface area contributed by atoms with Crippen LogP contribution in [-0.2, 0) is 6.42 Å². The van der Waals surface area contributed by atoms with Gasteiger partial charge in [0, 0.05) is 19.2 Å². The first kappa shape index (κ1) is 15.8. The van der Waals surface area contributed by atoms with Crippen molar-refractivity contribution in [1.29, 1.82) is 0 Å². The number of aryl methyl sites for hydroxylation is 1. The maximum atomic E-state index is 12.4. The molecule has 0 saturated carbocycles. The molecule has 0 heterocycles. The number of rotatable bonds is 5. The van der Waals surface area contributed by atoms with Gasteiger partial charge in [-0.25, -0.2) is 4.79 Å². The maximum absolute atomic E-state index is 12.4. The summed E-state index contributed by atoms with van der Waals surface area (Å²) in [6.07, 6.45) is 0.765. The SMILES string of the molecule is Cc1cc(C(=O)O)cc(C(=O)N(C)CCc2ccccc2)c1. The van der Waals surface area contributed by atoms with Crippen molar-refractivity contribution in [2.75, 3.05) is 13.6 Å². The minimum atomic E-state index is -1.02. The summed E-state index contributed by atoms with van der Waals surface area (Å²) in [5.41, 5.74) is 2.48. The van der Waals surface area contributed by atoms with E-state index in [1.54, 1.807) is 31.0 Å². The Hall–Kier alpha value is -2.62. The number of carboxylic acid groups (broad SMARTS) is 1. The van der Waals surface area contributed by atoms with E-state index in [0.29, 0.717) is 12.1 Å². The van der Waals surface area contributed by atoms with Gasteiger partial charge in [0.1, 0.15) is 0 Å². The molecule has 0 aliphatic rings. The van der Waals surface area contributed by atoms with E-state index in [2.05, 4.69) is 0 Å². The van der Waals surface area contributed by atoms with Crippen molar-refractivity contribution in [1.82, 2.24) is 4.90 Å². The van der Waals surface area contributed by atoms with E-state index in [4.69, 9.17) is 5.11 Å². The molecule has 0 fully saturated rings. The average molecular weight is 297 g/mol. The van der Waals surface area contributed by atoms with Gasteiger partial charge in [0.25, 0.3) is 5.91 Å². The highest BCUT2D eigenvalue weighted by Gasteiger charge is 2.14. The topological polar surface area (TPSA) is 57.6 Å². The van der Waals surface area contributed by atoms with Crippen LogP contribution in [0.5, 0.6) is 0 Å². The Labute approximate surface area is 130 Å². The maximum Gasteiger partial charge on any atom is 0.335 e. The normalized spacial score (nSPS) is 10.3. The molecule has 2 aromatic rings. The molecular formula is C18H19NO3. The van der Waals surface area contributed by atoms with Crippen LogP contribution in [0.15, 0.2) is 48.5 Å². The van der Waals surface area contributed by atoms with Gasteiger partial charge < -0.3 is 10.0 Å². The molecule has 0 atom stereocenters. The lowest BCUT2D eigenvalue weighted by molar-refractivity contribution is 0.0696. The van der Waals surface area contributed by atoms with Gasteiger partial charge >= 0.3 is 5.97 Å². The summed E-state index contributed by atoms with van der Waals surface area (Å²) in [5, 5.41) is 9.08. The highest BCUT2D eigenvalue weighted by Crippen LogP contribution is 2.12. The zero-order valence-electron chi connectivity index (χ0n) is 12.7. The summed E-state index contributed by atoms with van der Waals surface area (Å²) in [4.78, 5) is 25.1. The van der Waals surface area contributed by atoms with Gasteiger partial charge in [0.05, 0.1) is 5.56 Å². The standard InChI is InChI=1S/C18H19NO3/c1-13-10-15(12-16(11-13)18(21)22)17(20)19(2)9-8-14-6-4-3-5-7-14/h3-7,10-12H,8-9H2,1-2H3,(H,21,22). The molecule has 0 aliphatic heterocycles. The highest BCUT2D eigenvalue weighted by molar-refractivity contribution is 5.97. The van der Waals surface area contributed by atoms with Crippen LogP contribution < -0.4 is 0 Å². The Kier molecular flexibility index (Phi) is 4.94. The predicted molar refractivity (Wildman–Crippen MR) is 85.2 cm³/mol. The molecule has 0 saturated heterocycles. The van der Waals surface area contributed by atoms with E-state index in [-0.39, 0.29) is 11.5 Å². The minimum absolute atomic E-state index is 0.139. The number of amides is 1. The Morgan fingerprint density at radius 3 is 2.32 bits per heavy atom. The van der Waals surface area contributed by atoms with Gasteiger partial charge in [0.2, 0.25) is 0 Å². The van der Waals surface area contributed by atoms with Gasteiger partial charge in [-0.3, -0.25) is 4.79 Å². The van der Waals surface area contributed by atoms with E-state index < -0.39 is 5.97 Å². The molecule has 22 heavy (non-hydrogen) atoms. The quantitative estimate of drug-likeness (QED) is 0.923. The fraction of sp³-hybridized carbons (Fsp3) is 0.222. The molecule has 0 spiro atoms. The second-order valence-electron chi connectivity index (χ2n) is 5.36. The summed E-state index contributed by atoms with van der Waals surface area (Å²) in [6.45, 7) is 2.37. The first-order chi connectivity index (χ1) is 10.5. The van der Waals surface area contributed by atoms with Crippen molar-refractivity contribution in [2.45, 2.75) is 13.3 Å². The molecule has 4 nitrogen and oxygen atoms in total. The molecule has 1 N–H and O–H groups in total. The number of nitrogens with zero attached hydrogens (tertiary/aromatic N) is 1. The van der Waals surface area contributed by atoms with Gasteiger partial charge in [-0.05, 0) is 42.7 Å². The van der Waals surface area contributed by atoms with E-state index in [0.717, 1.165) is 17.5 Å². The van der Waals surface area contributed by atoms with E-state index in [1.165, 1.54) is 6.07 Å². The van der Waals surface area contributed by atoms with Crippen LogP contribution in [-0.4, -0.2) is 35.5 Å². The zero-order chi connectivity index (χ0) is 16.1. The third-order valence-electron chi connectivity index (χ3n) is 3.50. The van der Waals surface area contributed by atoms with E-state index in [9.17, 15) is 9.59 Å². The van der Waals surface area contributed by atoms with Crippen molar-refractivity contribution in [2.24, 2.45) is 0 Å². The predicted octanol–water partition coefficient (Wildman–Crippen LogP) is 3.01. The molecule has 0 aromatic heterocycles. The van der Waals surface area contributed by atoms with Crippen LogP contribution >= 0.6 is 0 Å². The van der Waals surface area contributed by atoms with Crippen molar-refractivity contribution in [3.63, 3.8) is 0 Å². The molecule has 4 heteroatoms. The molecule has 114 valence electrons. The minimum Gasteiger partial charge on any atom is -0.478 e. The van der Waals surface area contributed by atoms with Crippen LogP contribution in [0.3, 0.4) is 0 Å². The molecule has 2 aromatic carbocycles. The fourth-order valence-electron chi connectivity index (χ4n) is 2.29. The Morgan fingerprint density at radius 1 is 1.05 bits per heavy atom. The first-order valence-electron chi connectivity index (χ1n) is 7.12. The van der Waals surface area contributed by atoms with Crippen LogP contribution in [0.2, 0.25) is 0 Å². The van der Waals surface area contributed by atoms with Crippen molar-refractivity contribution in [3.05, 3.63) is 70.8 Å². The molecule has 2 rings (SSSR count). The van der Waals surface area contributed by atoms with Gasteiger partial charge in [0.15, 0.2) is 0 Å². The largest absolute Gasteiger partial charge is 0.478 e. The Bertz CT molecular complexity index is 680. The molecular weight excluding hydrogens is 278 g/mol. The second-order valence-corrected chi connectivity index (χ2v) is 5.36. The number of carbonyl (C=O) groups excluding carboxylic acids is 1. The molecule has 0 unspecified atom stereocenters. The molecule has 0 bridgehead atoms. The molecule has 0 aliphatic carbocycles. The Balaban J connectivity index is 2.08. The summed E-state index contributed by atoms with van der Waals surface area (Å²) in [7, 11) is 1.73. The van der Waals surface area contributed by atoms with E-state index in [1.807, 2.05) is 30.3 Å². The second kappa shape index (κ2) is 6.89. The van der Waals surface area contributed by atoms with Crippen molar-refractivity contribution >= 4 is 11.9 Å². The zero-order valence-corrected chi connectivity index (χ0v) is 12.7. The third-order valence-corrected chi connectivity index (χ3v) is 3.50. The summed E-state index contributed by atoms with van der Waals surface area (Å²) < 4.78 is 0. The van der Waals surface area contributed by atoms with Crippen molar-refractivity contribution in [3.8, 4) is 0 Å². The van der Waals surface area contributed by atoms with E-state index >= 15 is 0 Å².